The third kappa shape index (κ3) is 2.25. The largest absolute Gasteiger partial charge is 0.472 e. The van der Waals surface area contributed by atoms with Gasteiger partial charge in [-0.15, -0.1) is 0 Å². The van der Waals surface area contributed by atoms with Gasteiger partial charge in [0.25, 0.3) is 0 Å². The van der Waals surface area contributed by atoms with Gasteiger partial charge >= 0.3 is 0 Å². The van der Waals surface area contributed by atoms with Crippen LogP contribution in [0.15, 0.2) is 23.0 Å². The highest BCUT2D eigenvalue weighted by atomic mass is 16.7. The van der Waals surface area contributed by atoms with Crippen LogP contribution >= 0.6 is 0 Å². The summed E-state index contributed by atoms with van der Waals surface area (Å²) in [6.45, 7) is 2.03. The molecule has 4 fully saturated rings. The smallest absolute Gasteiger partial charge is 0.196 e. The number of hydrogen-bond acceptors (Lipinski definition) is 8. The van der Waals surface area contributed by atoms with Crippen LogP contribution in [0.3, 0.4) is 0 Å². The van der Waals surface area contributed by atoms with Crippen molar-refractivity contribution in [3.05, 3.63) is 24.2 Å². The van der Waals surface area contributed by atoms with E-state index in [9.17, 15) is 15.3 Å². The standard InChI is InChI=1S/C22H32O8/c1-13-20(9-15(30-18(20)27-3)14-6-8-28-10-14)16-5-4-7-19(24,11-26-2)21(16)12-29-22(13,25)17(21)23/h6,8,10,13,15-18,23-25H,4-5,7,9,11-12H2,1-3H3/t13-,15-,16+,17+,18-,19-,20+,21-,22-/m0/s1. The van der Waals surface area contributed by atoms with Gasteiger partial charge in [0.2, 0.25) is 0 Å². The van der Waals surface area contributed by atoms with E-state index in [2.05, 4.69) is 0 Å². The number of rotatable bonds is 4. The van der Waals surface area contributed by atoms with Crippen LogP contribution in [0.4, 0.5) is 0 Å². The molecule has 2 saturated heterocycles. The van der Waals surface area contributed by atoms with Crippen LogP contribution in [0, 0.1) is 22.7 Å². The molecule has 2 aliphatic heterocycles. The van der Waals surface area contributed by atoms with Gasteiger partial charge in [-0.3, -0.25) is 0 Å². The quantitative estimate of drug-likeness (QED) is 0.668. The van der Waals surface area contributed by atoms with Crippen LogP contribution in [0.5, 0.6) is 0 Å². The summed E-state index contributed by atoms with van der Waals surface area (Å²) in [6.07, 6.45) is 3.73. The van der Waals surface area contributed by atoms with Crippen molar-refractivity contribution in [2.75, 3.05) is 27.4 Å². The predicted molar refractivity (Wildman–Crippen MR) is 103 cm³/mol. The normalized spacial score (nSPS) is 52.7. The molecule has 9 atom stereocenters. The highest BCUT2D eigenvalue weighted by molar-refractivity contribution is 5.27. The van der Waals surface area contributed by atoms with E-state index in [1.54, 1.807) is 26.7 Å². The molecule has 168 valence electrons. The van der Waals surface area contributed by atoms with Crippen LogP contribution in [0.1, 0.15) is 44.3 Å². The number of aliphatic hydroxyl groups excluding tert-OH is 1. The minimum absolute atomic E-state index is 0.0636. The Bertz CT molecular complexity index is 780. The van der Waals surface area contributed by atoms with Crippen LogP contribution in [-0.2, 0) is 18.9 Å². The van der Waals surface area contributed by atoms with Gasteiger partial charge in [0, 0.05) is 31.1 Å². The molecule has 1 aromatic heterocycles. The number of fused-ring (bicyclic) bond motifs is 2. The fourth-order valence-corrected chi connectivity index (χ4v) is 7.46. The maximum Gasteiger partial charge on any atom is 0.196 e. The van der Waals surface area contributed by atoms with Crippen molar-refractivity contribution in [2.24, 2.45) is 22.7 Å². The first-order valence-corrected chi connectivity index (χ1v) is 10.8. The molecule has 1 aromatic rings. The highest BCUT2D eigenvalue weighted by Crippen LogP contribution is 2.73. The summed E-state index contributed by atoms with van der Waals surface area (Å²) in [4.78, 5) is 0. The minimum atomic E-state index is -1.80. The molecule has 3 N–H and O–H groups in total. The van der Waals surface area contributed by atoms with Crippen molar-refractivity contribution in [2.45, 2.75) is 62.5 Å². The van der Waals surface area contributed by atoms with Crippen molar-refractivity contribution in [3.63, 3.8) is 0 Å². The van der Waals surface area contributed by atoms with Crippen LogP contribution in [0.25, 0.3) is 0 Å². The second-order valence-corrected chi connectivity index (χ2v) is 9.68. The molecule has 0 unspecified atom stereocenters. The molecule has 0 amide bonds. The molecule has 2 bridgehead atoms. The van der Waals surface area contributed by atoms with Crippen molar-refractivity contribution in [1.29, 1.82) is 0 Å². The van der Waals surface area contributed by atoms with E-state index in [1.165, 1.54) is 0 Å². The Morgan fingerprint density at radius 3 is 2.73 bits per heavy atom. The van der Waals surface area contributed by atoms with E-state index in [4.69, 9.17) is 23.4 Å². The van der Waals surface area contributed by atoms with E-state index >= 15 is 0 Å². The Labute approximate surface area is 176 Å². The molecule has 2 aliphatic carbocycles. The Hall–Kier alpha value is -1.00. The molecular formula is C22H32O8. The van der Waals surface area contributed by atoms with Crippen molar-refractivity contribution >= 4 is 0 Å². The van der Waals surface area contributed by atoms with E-state index in [-0.39, 0.29) is 25.2 Å². The van der Waals surface area contributed by atoms with Gasteiger partial charge in [-0.2, -0.15) is 0 Å². The molecule has 5 rings (SSSR count). The lowest BCUT2D eigenvalue weighted by molar-refractivity contribution is -0.343. The Morgan fingerprint density at radius 1 is 1.27 bits per heavy atom. The average Bonchev–Trinajstić information content (AvgIpc) is 3.43. The first-order chi connectivity index (χ1) is 14.3. The van der Waals surface area contributed by atoms with E-state index in [0.717, 1.165) is 18.4 Å². The lowest BCUT2D eigenvalue weighted by atomic mass is 9.41. The molecule has 8 nitrogen and oxygen atoms in total. The van der Waals surface area contributed by atoms with Gasteiger partial charge in [-0.25, -0.2) is 0 Å². The number of ether oxygens (including phenoxy) is 4. The molecule has 0 aromatic carbocycles. The number of methoxy groups -OCH3 is 2. The number of aliphatic hydroxyl groups is 3. The van der Waals surface area contributed by atoms with Crippen molar-refractivity contribution in [3.8, 4) is 0 Å². The lowest BCUT2D eigenvalue weighted by Crippen LogP contribution is -2.75. The van der Waals surface area contributed by atoms with Gasteiger partial charge in [0.05, 0.1) is 42.9 Å². The molecular weight excluding hydrogens is 392 g/mol. The SMILES string of the molecule is COC[C@@]1(O)CCC[C@@H]2[C@@]3(C[C@@H](c4ccoc4)O[C@@H]3OC)[C@H](C)[C@]3(O)OC[C@@]21[C@H]3O. The van der Waals surface area contributed by atoms with E-state index < -0.39 is 40.5 Å². The second-order valence-electron chi connectivity index (χ2n) is 9.68. The van der Waals surface area contributed by atoms with Gasteiger partial charge < -0.3 is 38.7 Å². The van der Waals surface area contributed by atoms with Gasteiger partial charge in [0.15, 0.2) is 12.1 Å². The van der Waals surface area contributed by atoms with E-state index in [1.807, 2.05) is 13.0 Å². The maximum atomic E-state index is 11.8. The summed E-state index contributed by atoms with van der Waals surface area (Å²) in [5, 5.41) is 34.8. The van der Waals surface area contributed by atoms with Crippen LogP contribution in [-0.4, -0.2) is 66.5 Å². The second kappa shape index (κ2) is 6.75. The zero-order chi connectivity index (χ0) is 21.4. The molecule has 2 saturated carbocycles. The third-order valence-corrected chi connectivity index (χ3v) is 8.85. The van der Waals surface area contributed by atoms with Crippen molar-refractivity contribution < 1.29 is 38.7 Å². The third-order valence-electron chi connectivity index (χ3n) is 8.85. The van der Waals surface area contributed by atoms with Crippen LogP contribution in [0.2, 0.25) is 0 Å². The lowest BCUT2D eigenvalue weighted by Gasteiger charge is -2.64. The average molecular weight is 424 g/mol. The van der Waals surface area contributed by atoms with Gasteiger partial charge in [-0.1, -0.05) is 13.3 Å². The molecule has 3 heterocycles. The summed E-state index contributed by atoms with van der Waals surface area (Å²) < 4.78 is 28.8. The Kier molecular flexibility index (Phi) is 4.70. The summed E-state index contributed by atoms with van der Waals surface area (Å²) in [6, 6.07) is 1.87. The summed E-state index contributed by atoms with van der Waals surface area (Å²) in [5.41, 5.74) is -2.16. The zero-order valence-electron chi connectivity index (χ0n) is 17.7. The summed E-state index contributed by atoms with van der Waals surface area (Å²) in [5.74, 6) is -2.47. The maximum absolute atomic E-state index is 11.8. The molecule has 8 heteroatoms. The Morgan fingerprint density at radius 2 is 2.07 bits per heavy atom. The molecule has 30 heavy (non-hydrogen) atoms. The molecule has 2 spiro atoms. The number of furan rings is 1. The molecule has 4 aliphatic rings. The van der Waals surface area contributed by atoms with Crippen molar-refractivity contribution in [1.82, 2.24) is 0 Å². The highest BCUT2D eigenvalue weighted by Gasteiger charge is 2.82. The minimum Gasteiger partial charge on any atom is -0.472 e. The summed E-state index contributed by atoms with van der Waals surface area (Å²) >= 11 is 0. The number of hydrogen-bond donors (Lipinski definition) is 3. The van der Waals surface area contributed by atoms with E-state index in [0.29, 0.717) is 12.8 Å². The monoisotopic (exact) mass is 424 g/mol. The zero-order valence-corrected chi connectivity index (χ0v) is 17.7. The fourth-order valence-electron chi connectivity index (χ4n) is 7.46. The van der Waals surface area contributed by atoms with Gasteiger partial charge in [-0.05, 0) is 31.2 Å². The summed E-state index contributed by atoms with van der Waals surface area (Å²) in [7, 11) is 3.14. The topological polar surface area (TPSA) is 111 Å². The van der Waals surface area contributed by atoms with Gasteiger partial charge in [0.1, 0.15) is 6.10 Å². The van der Waals surface area contributed by atoms with Crippen LogP contribution < -0.4 is 0 Å². The first-order valence-electron chi connectivity index (χ1n) is 10.8. The fraction of sp³-hybridized carbons (Fsp3) is 0.818. The predicted octanol–water partition coefficient (Wildman–Crippen LogP) is 1.59. The Balaban J connectivity index is 1.67. The first kappa shape index (κ1) is 20.9. The molecule has 0 radical (unpaired) electrons.